The van der Waals surface area contributed by atoms with Gasteiger partial charge in [0.1, 0.15) is 17.6 Å². The fourth-order valence-corrected chi connectivity index (χ4v) is 3.92. The van der Waals surface area contributed by atoms with Crippen LogP contribution >= 0.6 is 24.0 Å². The molecule has 4 rings (SSSR count). The number of hydrazone groups is 1. The van der Waals surface area contributed by atoms with Crippen LogP contribution in [0.1, 0.15) is 37.9 Å². The van der Waals surface area contributed by atoms with Gasteiger partial charge in [-0.2, -0.15) is 10.1 Å². The maximum Gasteiger partial charge on any atom is 0.430 e. The molecule has 0 spiro atoms. The fraction of sp³-hybridized carbons (Fsp3) is 0.455. The lowest BCUT2D eigenvalue weighted by molar-refractivity contribution is 0.124. The molecule has 1 unspecified atom stereocenters. The molecule has 8 heteroatoms. The maximum absolute atomic E-state index is 12.1. The number of halogens is 2. The van der Waals surface area contributed by atoms with Crippen molar-refractivity contribution in [1.29, 1.82) is 0 Å². The highest BCUT2D eigenvalue weighted by molar-refractivity contribution is 6.30. The van der Waals surface area contributed by atoms with Crippen molar-refractivity contribution in [3.8, 4) is 11.3 Å². The molecule has 0 saturated carbocycles. The normalized spacial score (nSPS) is 19.8. The number of furan rings is 1. The van der Waals surface area contributed by atoms with E-state index in [1.807, 2.05) is 36.4 Å². The standard InChI is InChI=1S/C22H26ClN3O3.ClH/c23-18-8-6-17(7-9-18)21-11-10-19(28-21)15-24-26-16-20(29-22(26)27)5-4-14-25-12-2-1-3-13-25;/h6-11,15,20H,1-5,12-14,16H2;1H. The van der Waals surface area contributed by atoms with Crippen molar-refractivity contribution >= 4 is 36.3 Å². The van der Waals surface area contributed by atoms with Crippen molar-refractivity contribution in [3.63, 3.8) is 0 Å². The Morgan fingerprint density at radius 1 is 1.10 bits per heavy atom. The van der Waals surface area contributed by atoms with E-state index in [9.17, 15) is 4.79 Å². The molecule has 2 aliphatic heterocycles. The summed E-state index contributed by atoms with van der Waals surface area (Å²) in [5, 5.41) is 6.30. The zero-order chi connectivity index (χ0) is 20.1. The average molecular weight is 452 g/mol. The number of carbonyl (C=O) groups is 1. The quantitative estimate of drug-likeness (QED) is 0.525. The molecule has 2 aromatic rings. The van der Waals surface area contributed by atoms with E-state index >= 15 is 0 Å². The highest BCUT2D eigenvalue weighted by Gasteiger charge is 2.30. The zero-order valence-corrected chi connectivity index (χ0v) is 18.4. The molecule has 2 aliphatic rings. The first kappa shape index (κ1) is 22.7. The van der Waals surface area contributed by atoms with Gasteiger partial charge in [0.25, 0.3) is 0 Å². The molecule has 1 aromatic heterocycles. The topological polar surface area (TPSA) is 58.3 Å². The Kier molecular flexibility index (Phi) is 8.19. The first-order valence-electron chi connectivity index (χ1n) is 10.3. The molecule has 0 aliphatic carbocycles. The van der Waals surface area contributed by atoms with Crippen molar-refractivity contribution in [2.24, 2.45) is 5.10 Å². The summed E-state index contributed by atoms with van der Waals surface area (Å²) < 4.78 is 11.2. The van der Waals surface area contributed by atoms with Crippen molar-refractivity contribution in [1.82, 2.24) is 9.91 Å². The Bertz CT molecular complexity index is 848. The minimum atomic E-state index is -0.395. The Balaban J connectivity index is 0.00000256. The van der Waals surface area contributed by atoms with Gasteiger partial charge in [0.15, 0.2) is 0 Å². The van der Waals surface area contributed by atoms with Gasteiger partial charge in [0, 0.05) is 10.6 Å². The number of benzene rings is 1. The lowest BCUT2D eigenvalue weighted by Gasteiger charge is -2.26. The second-order valence-electron chi connectivity index (χ2n) is 7.59. The van der Waals surface area contributed by atoms with E-state index in [4.69, 9.17) is 20.8 Å². The van der Waals surface area contributed by atoms with Crippen LogP contribution in [0.5, 0.6) is 0 Å². The molecule has 162 valence electrons. The summed E-state index contributed by atoms with van der Waals surface area (Å²) in [6.07, 6.45) is 6.92. The minimum absolute atomic E-state index is 0. The van der Waals surface area contributed by atoms with Gasteiger partial charge >= 0.3 is 6.09 Å². The molecule has 1 atom stereocenters. The number of hydrogen-bond donors (Lipinski definition) is 0. The minimum Gasteiger partial charge on any atom is -0.455 e. The molecule has 1 aromatic carbocycles. The van der Waals surface area contributed by atoms with Crippen LogP contribution in [-0.4, -0.2) is 54.5 Å². The highest BCUT2D eigenvalue weighted by atomic mass is 35.5. The van der Waals surface area contributed by atoms with Crippen molar-refractivity contribution < 1.29 is 13.9 Å². The van der Waals surface area contributed by atoms with Crippen LogP contribution in [0.3, 0.4) is 0 Å². The number of amides is 1. The van der Waals surface area contributed by atoms with Crippen LogP contribution in [0.15, 0.2) is 45.9 Å². The molecule has 0 bridgehead atoms. The van der Waals surface area contributed by atoms with E-state index in [0.29, 0.717) is 17.3 Å². The zero-order valence-electron chi connectivity index (χ0n) is 16.8. The highest BCUT2D eigenvalue weighted by Crippen LogP contribution is 2.23. The number of carbonyl (C=O) groups excluding carboxylic acids is 1. The second kappa shape index (κ2) is 10.8. The third kappa shape index (κ3) is 6.00. The predicted octanol–water partition coefficient (Wildman–Crippen LogP) is 5.44. The smallest absolute Gasteiger partial charge is 0.430 e. The molecule has 1 amide bonds. The van der Waals surface area contributed by atoms with Crippen LogP contribution < -0.4 is 0 Å². The number of nitrogens with zero attached hydrogens (tertiary/aromatic N) is 3. The van der Waals surface area contributed by atoms with E-state index in [2.05, 4.69) is 10.0 Å². The van der Waals surface area contributed by atoms with E-state index in [1.54, 1.807) is 6.21 Å². The summed E-state index contributed by atoms with van der Waals surface area (Å²) in [6, 6.07) is 11.1. The number of piperidine rings is 1. The van der Waals surface area contributed by atoms with Crippen LogP contribution in [-0.2, 0) is 4.74 Å². The van der Waals surface area contributed by atoms with E-state index < -0.39 is 6.09 Å². The average Bonchev–Trinajstić information content (AvgIpc) is 3.34. The van der Waals surface area contributed by atoms with Crippen LogP contribution in [0.25, 0.3) is 11.3 Å². The SMILES string of the molecule is Cl.O=C1OC(CCCN2CCCCC2)CN1N=Cc1ccc(-c2ccc(Cl)cc2)o1. The van der Waals surface area contributed by atoms with Crippen molar-refractivity contribution in [3.05, 3.63) is 47.2 Å². The van der Waals surface area contributed by atoms with Gasteiger partial charge in [0.2, 0.25) is 0 Å². The summed E-state index contributed by atoms with van der Waals surface area (Å²) >= 11 is 5.92. The Hall–Kier alpha value is -2.02. The Morgan fingerprint density at radius 3 is 2.63 bits per heavy atom. The molecule has 2 fully saturated rings. The summed E-state index contributed by atoms with van der Waals surface area (Å²) in [7, 11) is 0. The molecule has 3 heterocycles. The first-order chi connectivity index (χ1) is 14.2. The van der Waals surface area contributed by atoms with Gasteiger partial charge in [-0.15, -0.1) is 12.4 Å². The third-order valence-electron chi connectivity index (χ3n) is 5.38. The molecule has 2 saturated heterocycles. The van der Waals surface area contributed by atoms with Crippen LogP contribution in [0.2, 0.25) is 5.02 Å². The van der Waals surface area contributed by atoms with Crippen LogP contribution in [0, 0.1) is 0 Å². The van der Waals surface area contributed by atoms with Gasteiger partial charge in [-0.3, -0.25) is 0 Å². The molecular weight excluding hydrogens is 425 g/mol. The Morgan fingerprint density at radius 2 is 1.87 bits per heavy atom. The van der Waals surface area contributed by atoms with Gasteiger partial charge in [-0.05, 0) is 81.7 Å². The predicted molar refractivity (Wildman–Crippen MR) is 120 cm³/mol. The van der Waals surface area contributed by atoms with Gasteiger partial charge < -0.3 is 14.1 Å². The summed E-state index contributed by atoms with van der Waals surface area (Å²) in [5.74, 6) is 1.30. The van der Waals surface area contributed by atoms with Crippen LogP contribution in [0.4, 0.5) is 4.79 Å². The third-order valence-corrected chi connectivity index (χ3v) is 5.64. The van der Waals surface area contributed by atoms with Gasteiger partial charge in [-0.1, -0.05) is 18.0 Å². The van der Waals surface area contributed by atoms with E-state index in [1.165, 1.54) is 37.4 Å². The van der Waals surface area contributed by atoms with Gasteiger partial charge in [0.05, 0.1) is 12.8 Å². The molecule has 0 N–H and O–H groups in total. The number of ether oxygens (including phenoxy) is 1. The molecule has 6 nitrogen and oxygen atoms in total. The summed E-state index contributed by atoms with van der Waals surface area (Å²) in [6.45, 7) is 3.96. The number of hydrogen-bond acceptors (Lipinski definition) is 5. The van der Waals surface area contributed by atoms with E-state index in [0.717, 1.165) is 30.7 Å². The summed E-state index contributed by atoms with van der Waals surface area (Å²) in [5.41, 5.74) is 0.934. The Labute approximate surface area is 188 Å². The molecule has 0 radical (unpaired) electrons. The number of cyclic esters (lactones) is 1. The van der Waals surface area contributed by atoms with Gasteiger partial charge in [-0.25, -0.2) is 4.79 Å². The monoisotopic (exact) mass is 451 g/mol. The van der Waals surface area contributed by atoms with Crippen molar-refractivity contribution in [2.45, 2.75) is 38.2 Å². The van der Waals surface area contributed by atoms with E-state index in [-0.39, 0.29) is 18.5 Å². The molecular formula is C22H27Cl2N3O3. The van der Waals surface area contributed by atoms with Crippen molar-refractivity contribution in [2.75, 3.05) is 26.2 Å². The largest absolute Gasteiger partial charge is 0.455 e. The first-order valence-corrected chi connectivity index (χ1v) is 10.7. The fourth-order valence-electron chi connectivity index (χ4n) is 3.80. The number of rotatable bonds is 7. The lowest BCUT2D eigenvalue weighted by atomic mass is 10.1. The number of likely N-dealkylation sites (tertiary alicyclic amines) is 1. The molecule has 30 heavy (non-hydrogen) atoms. The maximum atomic E-state index is 12.1. The lowest BCUT2D eigenvalue weighted by Crippen LogP contribution is -2.31. The summed E-state index contributed by atoms with van der Waals surface area (Å²) in [4.78, 5) is 14.6. The second-order valence-corrected chi connectivity index (χ2v) is 8.02.